The largest absolute Gasteiger partial charge is 0.315 e. The third-order valence-corrected chi connectivity index (χ3v) is 2.80. The van der Waals surface area contributed by atoms with Crippen molar-refractivity contribution in [2.45, 2.75) is 20.3 Å². The zero-order valence-corrected chi connectivity index (χ0v) is 10.1. The van der Waals surface area contributed by atoms with Gasteiger partial charge in [-0.2, -0.15) is 11.8 Å². The number of thioether (sulfide) groups is 1. The van der Waals surface area contributed by atoms with Crippen molar-refractivity contribution >= 4 is 11.8 Å². The number of likely N-dealkylation sites (N-methyl/N-ethyl adjacent to an activating group) is 1. The maximum absolute atomic E-state index is 3.41. The van der Waals surface area contributed by atoms with E-state index in [9.17, 15) is 0 Å². The average molecular weight is 204 g/mol. The molecule has 0 saturated heterocycles. The monoisotopic (exact) mass is 204 g/mol. The Balaban J connectivity index is 3.05. The molecular formula is C10H24N2S. The molecule has 0 saturated carbocycles. The van der Waals surface area contributed by atoms with Crippen molar-refractivity contribution in [1.29, 1.82) is 0 Å². The van der Waals surface area contributed by atoms with E-state index in [1.165, 1.54) is 31.0 Å². The van der Waals surface area contributed by atoms with Gasteiger partial charge in [0.2, 0.25) is 0 Å². The van der Waals surface area contributed by atoms with Crippen molar-refractivity contribution in [3.8, 4) is 0 Å². The minimum absolute atomic E-state index is 1.13. The first-order chi connectivity index (χ1) is 6.31. The highest BCUT2D eigenvalue weighted by Crippen LogP contribution is 1.97. The quantitative estimate of drug-likeness (QED) is 0.575. The molecule has 0 atom stereocenters. The summed E-state index contributed by atoms with van der Waals surface area (Å²) in [6, 6.07) is 0. The maximum Gasteiger partial charge on any atom is 0.0104 e. The van der Waals surface area contributed by atoms with E-state index < -0.39 is 0 Å². The first-order valence-electron chi connectivity index (χ1n) is 5.28. The van der Waals surface area contributed by atoms with Crippen molar-refractivity contribution < 1.29 is 0 Å². The molecule has 0 fully saturated rings. The van der Waals surface area contributed by atoms with E-state index in [1.54, 1.807) is 0 Å². The molecule has 0 radical (unpaired) electrons. The maximum atomic E-state index is 3.41. The molecule has 13 heavy (non-hydrogen) atoms. The fourth-order valence-electron chi connectivity index (χ4n) is 1.05. The molecule has 1 N–H and O–H groups in total. The van der Waals surface area contributed by atoms with Gasteiger partial charge in [0, 0.05) is 25.4 Å². The fourth-order valence-corrected chi connectivity index (χ4v) is 1.78. The summed E-state index contributed by atoms with van der Waals surface area (Å²) >= 11 is 2.02. The minimum Gasteiger partial charge on any atom is -0.315 e. The first-order valence-corrected chi connectivity index (χ1v) is 6.43. The number of nitrogens with zero attached hydrogens (tertiary/aromatic N) is 1. The Morgan fingerprint density at radius 2 is 1.92 bits per heavy atom. The molecule has 0 spiro atoms. The van der Waals surface area contributed by atoms with Crippen LogP contribution in [-0.4, -0.2) is 49.6 Å². The Labute approximate surface area is 87.5 Å². The smallest absolute Gasteiger partial charge is 0.0104 e. The Morgan fingerprint density at radius 1 is 1.15 bits per heavy atom. The highest BCUT2D eigenvalue weighted by atomic mass is 32.2. The molecule has 0 unspecified atom stereocenters. The molecule has 0 aromatic heterocycles. The van der Waals surface area contributed by atoms with Gasteiger partial charge in [-0.25, -0.2) is 0 Å². The normalized spacial score (nSPS) is 11.1. The van der Waals surface area contributed by atoms with Crippen LogP contribution in [0.25, 0.3) is 0 Å². The van der Waals surface area contributed by atoms with Gasteiger partial charge in [0.25, 0.3) is 0 Å². The lowest BCUT2D eigenvalue weighted by atomic mass is 10.4. The fraction of sp³-hybridized carbons (Fsp3) is 1.00. The minimum atomic E-state index is 1.13. The van der Waals surface area contributed by atoms with Gasteiger partial charge in [-0.3, -0.25) is 0 Å². The van der Waals surface area contributed by atoms with Crippen LogP contribution in [0.2, 0.25) is 0 Å². The molecule has 0 aliphatic carbocycles. The van der Waals surface area contributed by atoms with Crippen LogP contribution in [-0.2, 0) is 0 Å². The van der Waals surface area contributed by atoms with E-state index in [-0.39, 0.29) is 0 Å². The second-order valence-corrected chi connectivity index (χ2v) is 4.64. The van der Waals surface area contributed by atoms with Crippen molar-refractivity contribution in [1.82, 2.24) is 10.2 Å². The third kappa shape index (κ3) is 10.2. The summed E-state index contributed by atoms with van der Waals surface area (Å²) < 4.78 is 0. The SMILES string of the molecule is CCCNCCN(C)CCSCC. The molecular weight excluding hydrogens is 180 g/mol. The van der Waals surface area contributed by atoms with E-state index >= 15 is 0 Å². The summed E-state index contributed by atoms with van der Waals surface area (Å²) in [7, 11) is 2.20. The van der Waals surface area contributed by atoms with Crippen LogP contribution >= 0.6 is 11.8 Å². The molecule has 80 valence electrons. The molecule has 0 aliphatic rings. The van der Waals surface area contributed by atoms with E-state index in [1.807, 2.05) is 11.8 Å². The van der Waals surface area contributed by atoms with Crippen molar-refractivity contribution in [2.75, 3.05) is 44.7 Å². The predicted molar refractivity (Wildman–Crippen MR) is 63.7 cm³/mol. The van der Waals surface area contributed by atoms with Crippen LogP contribution in [0.1, 0.15) is 20.3 Å². The summed E-state index contributed by atoms with van der Waals surface area (Å²) in [5.74, 6) is 2.50. The zero-order valence-electron chi connectivity index (χ0n) is 9.31. The van der Waals surface area contributed by atoms with Crippen molar-refractivity contribution in [2.24, 2.45) is 0 Å². The number of rotatable bonds is 9. The van der Waals surface area contributed by atoms with Crippen LogP contribution in [0.4, 0.5) is 0 Å². The summed E-state index contributed by atoms with van der Waals surface area (Å²) in [5.41, 5.74) is 0. The second-order valence-electron chi connectivity index (χ2n) is 3.25. The summed E-state index contributed by atoms with van der Waals surface area (Å²) in [6.45, 7) is 9.08. The van der Waals surface area contributed by atoms with E-state index in [2.05, 4.69) is 31.1 Å². The standard InChI is InChI=1S/C10H24N2S/c1-4-6-11-7-8-12(3)9-10-13-5-2/h11H,4-10H2,1-3H3. The lowest BCUT2D eigenvalue weighted by Gasteiger charge is -2.16. The number of hydrogen-bond acceptors (Lipinski definition) is 3. The van der Waals surface area contributed by atoms with Gasteiger partial charge in [-0.1, -0.05) is 13.8 Å². The number of nitrogens with one attached hydrogen (secondary N) is 1. The molecule has 0 aromatic carbocycles. The average Bonchev–Trinajstić information content (AvgIpc) is 2.13. The van der Waals surface area contributed by atoms with Crippen LogP contribution in [0.15, 0.2) is 0 Å². The Morgan fingerprint density at radius 3 is 2.54 bits per heavy atom. The van der Waals surface area contributed by atoms with Gasteiger partial charge >= 0.3 is 0 Å². The van der Waals surface area contributed by atoms with Crippen molar-refractivity contribution in [3.63, 3.8) is 0 Å². The van der Waals surface area contributed by atoms with E-state index in [0.29, 0.717) is 0 Å². The predicted octanol–water partition coefficient (Wildman–Crippen LogP) is 1.67. The second kappa shape index (κ2) is 10.4. The Kier molecular flexibility index (Phi) is 10.6. The highest BCUT2D eigenvalue weighted by molar-refractivity contribution is 7.99. The summed E-state index contributed by atoms with van der Waals surface area (Å²) in [4.78, 5) is 2.39. The molecule has 2 nitrogen and oxygen atoms in total. The lowest BCUT2D eigenvalue weighted by Crippen LogP contribution is -2.31. The molecule has 0 amide bonds. The van der Waals surface area contributed by atoms with Gasteiger partial charge < -0.3 is 10.2 Å². The van der Waals surface area contributed by atoms with E-state index in [0.717, 1.165) is 13.1 Å². The molecule has 0 bridgehead atoms. The molecule has 0 aromatic rings. The van der Waals surface area contributed by atoms with Gasteiger partial charge in [0.15, 0.2) is 0 Å². The Hall–Kier alpha value is 0.270. The zero-order chi connectivity index (χ0) is 9.94. The third-order valence-electron chi connectivity index (χ3n) is 1.92. The summed E-state index contributed by atoms with van der Waals surface area (Å²) in [5, 5.41) is 3.41. The van der Waals surface area contributed by atoms with Crippen LogP contribution in [0.5, 0.6) is 0 Å². The molecule has 0 heterocycles. The topological polar surface area (TPSA) is 15.3 Å². The van der Waals surface area contributed by atoms with Gasteiger partial charge in [0.05, 0.1) is 0 Å². The van der Waals surface area contributed by atoms with Crippen molar-refractivity contribution in [3.05, 3.63) is 0 Å². The molecule has 3 heteroatoms. The number of hydrogen-bond donors (Lipinski definition) is 1. The van der Waals surface area contributed by atoms with Gasteiger partial charge in [-0.05, 0) is 25.8 Å². The Bertz CT molecular complexity index is 98.9. The first kappa shape index (κ1) is 13.3. The van der Waals surface area contributed by atoms with Crippen LogP contribution in [0.3, 0.4) is 0 Å². The van der Waals surface area contributed by atoms with Crippen LogP contribution in [0, 0.1) is 0 Å². The van der Waals surface area contributed by atoms with Gasteiger partial charge in [0.1, 0.15) is 0 Å². The summed E-state index contributed by atoms with van der Waals surface area (Å²) in [6.07, 6.45) is 1.23. The van der Waals surface area contributed by atoms with Crippen LogP contribution < -0.4 is 5.32 Å². The molecule has 0 aliphatic heterocycles. The molecule has 0 rings (SSSR count). The lowest BCUT2D eigenvalue weighted by molar-refractivity contribution is 0.352. The van der Waals surface area contributed by atoms with Gasteiger partial charge in [-0.15, -0.1) is 0 Å². The highest BCUT2D eigenvalue weighted by Gasteiger charge is 1.96. The van der Waals surface area contributed by atoms with E-state index in [4.69, 9.17) is 0 Å².